The van der Waals surface area contributed by atoms with Gasteiger partial charge in [-0.25, -0.2) is 5.01 Å². The zero-order valence-corrected chi connectivity index (χ0v) is 7.17. The van der Waals surface area contributed by atoms with Crippen molar-refractivity contribution in [2.75, 3.05) is 13.1 Å². The van der Waals surface area contributed by atoms with Crippen molar-refractivity contribution in [3.05, 3.63) is 0 Å². The van der Waals surface area contributed by atoms with Crippen LogP contribution in [0, 0.1) is 5.41 Å². The quantitative estimate of drug-likeness (QED) is 0.562. The third kappa shape index (κ3) is 1.52. The van der Waals surface area contributed by atoms with Crippen LogP contribution >= 0.6 is 0 Å². The average Bonchev–Trinajstić information content (AvgIpc) is 2.17. The zero-order chi connectivity index (χ0) is 8.43. The minimum Gasteiger partial charge on any atom is -0.343 e. The predicted octanol–water partition coefficient (Wildman–Crippen LogP) is 0.211. The van der Waals surface area contributed by atoms with Crippen molar-refractivity contribution < 1.29 is 0 Å². The summed E-state index contributed by atoms with van der Waals surface area (Å²) in [6.45, 7) is 5.66. The summed E-state index contributed by atoms with van der Waals surface area (Å²) in [5.41, 5.74) is 0. The Morgan fingerprint density at radius 3 is 2.73 bits per heavy atom. The Labute approximate surface area is 67.4 Å². The van der Waals surface area contributed by atoms with Crippen LogP contribution in [0.3, 0.4) is 0 Å². The average molecular weight is 156 g/mol. The summed E-state index contributed by atoms with van der Waals surface area (Å²) >= 11 is 0. The van der Waals surface area contributed by atoms with Gasteiger partial charge in [-0.05, 0) is 13.3 Å². The van der Waals surface area contributed by atoms with Crippen LogP contribution in [0.5, 0.6) is 0 Å². The molecule has 0 aromatic heterocycles. The molecule has 0 radical (unpaired) electrons. The summed E-state index contributed by atoms with van der Waals surface area (Å²) in [4.78, 5) is 2.03. The Balaban J connectivity index is 2.56. The molecule has 1 rings (SSSR count). The highest BCUT2D eigenvalue weighted by Crippen LogP contribution is 2.11. The molecule has 1 fully saturated rings. The molecule has 0 aliphatic carbocycles. The molecule has 1 heterocycles. The standard InChI is InChI=1S/C7H16N4/c1-3-4-10-6(2)11(9)5-7(10)8/h6,8H,3-5,9H2,1-2H3. The SMILES string of the molecule is CCCN1C(=N)CN(N)C1C. The molecule has 3 N–H and O–H groups in total. The van der Waals surface area contributed by atoms with E-state index in [1.165, 1.54) is 0 Å². The lowest BCUT2D eigenvalue weighted by molar-refractivity contribution is 0.171. The van der Waals surface area contributed by atoms with Crippen LogP contribution in [-0.4, -0.2) is 35.0 Å². The highest BCUT2D eigenvalue weighted by Gasteiger charge is 2.28. The molecule has 1 aliphatic heterocycles. The normalized spacial score (nSPS) is 26.6. The Morgan fingerprint density at radius 2 is 2.36 bits per heavy atom. The molecule has 4 heteroatoms. The minimum atomic E-state index is 0.197. The molecule has 1 aliphatic rings. The second-order valence-electron chi connectivity index (χ2n) is 2.94. The fraction of sp³-hybridized carbons (Fsp3) is 0.857. The molecule has 64 valence electrons. The Hall–Kier alpha value is -0.610. The first-order valence-electron chi connectivity index (χ1n) is 4.02. The van der Waals surface area contributed by atoms with Gasteiger partial charge in [0.1, 0.15) is 5.84 Å². The molecule has 1 atom stereocenters. The second kappa shape index (κ2) is 3.19. The van der Waals surface area contributed by atoms with Crippen LogP contribution < -0.4 is 5.84 Å². The van der Waals surface area contributed by atoms with Gasteiger partial charge >= 0.3 is 0 Å². The lowest BCUT2D eigenvalue weighted by atomic mass is 10.4. The highest BCUT2D eigenvalue weighted by molar-refractivity contribution is 5.83. The van der Waals surface area contributed by atoms with Crippen molar-refractivity contribution in [3.63, 3.8) is 0 Å². The molecular weight excluding hydrogens is 140 g/mol. The van der Waals surface area contributed by atoms with Gasteiger partial charge < -0.3 is 4.90 Å². The highest BCUT2D eigenvalue weighted by atomic mass is 15.6. The lowest BCUT2D eigenvalue weighted by Gasteiger charge is -2.24. The largest absolute Gasteiger partial charge is 0.343 e. The molecule has 0 saturated carbocycles. The molecule has 4 nitrogen and oxygen atoms in total. The third-order valence-electron chi connectivity index (χ3n) is 2.07. The minimum absolute atomic E-state index is 0.197. The lowest BCUT2D eigenvalue weighted by Crippen LogP contribution is -2.40. The van der Waals surface area contributed by atoms with Crippen LogP contribution in [0.2, 0.25) is 0 Å². The number of nitrogens with two attached hydrogens (primary N) is 1. The van der Waals surface area contributed by atoms with Crippen LogP contribution in [0.15, 0.2) is 0 Å². The molecule has 0 bridgehead atoms. The Kier molecular flexibility index (Phi) is 2.46. The van der Waals surface area contributed by atoms with Crippen molar-refractivity contribution in [2.45, 2.75) is 26.4 Å². The van der Waals surface area contributed by atoms with Gasteiger partial charge in [-0.3, -0.25) is 11.3 Å². The van der Waals surface area contributed by atoms with Gasteiger partial charge in [0, 0.05) is 6.54 Å². The van der Waals surface area contributed by atoms with Crippen molar-refractivity contribution >= 4 is 5.84 Å². The second-order valence-corrected chi connectivity index (χ2v) is 2.94. The van der Waals surface area contributed by atoms with E-state index >= 15 is 0 Å². The van der Waals surface area contributed by atoms with E-state index in [4.69, 9.17) is 11.3 Å². The number of rotatable bonds is 2. The maximum atomic E-state index is 7.57. The molecule has 0 aromatic carbocycles. The van der Waals surface area contributed by atoms with Crippen LogP contribution in [0.25, 0.3) is 0 Å². The van der Waals surface area contributed by atoms with Gasteiger partial charge in [0.2, 0.25) is 0 Å². The monoisotopic (exact) mass is 156 g/mol. The van der Waals surface area contributed by atoms with Crippen molar-refractivity contribution in [2.24, 2.45) is 5.84 Å². The van der Waals surface area contributed by atoms with Crippen LogP contribution in [0.1, 0.15) is 20.3 Å². The number of hydrogen-bond donors (Lipinski definition) is 2. The molecule has 1 unspecified atom stereocenters. The Morgan fingerprint density at radius 1 is 1.73 bits per heavy atom. The maximum Gasteiger partial charge on any atom is 0.113 e. The molecule has 0 aromatic rings. The molecular formula is C7H16N4. The van der Waals surface area contributed by atoms with Crippen molar-refractivity contribution in [1.29, 1.82) is 5.41 Å². The van der Waals surface area contributed by atoms with Crippen molar-refractivity contribution in [1.82, 2.24) is 9.91 Å². The van der Waals surface area contributed by atoms with E-state index in [0.717, 1.165) is 13.0 Å². The van der Waals surface area contributed by atoms with E-state index in [2.05, 4.69) is 6.92 Å². The fourth-order valence-electron chi connectivity index (χ4n) is 1.36. The molecule has 11 heavy (non-hydrogen) atoms. The first-order valence-corrected chi connectivity index (χ1v) is 4.02. The molecule has 1 saturated heterocycles. The van der Waals surface area contributed by atoms with Gasteiger partial charge in [0.05, 0.1) is 12.7 Å². The number of amidine groups is 1. The predicted molar refractivity (Wildman–Crippen MR) is 45.1 cm³/mol. The van der Waals surface area contributed by atoms with Gasteiger partial charge in [0.15, 0.2) is 0 Å². The van der Waals surface area contributed by atoms with Crippen LogP contribution in [-0.2, 0) is 0 Å². The van der Waals surface area contributed by atoms with Gasteiger partial charge in [-0.2, -0.15) is 0 Å². The van der Waals surface area contributed by atoms with E-state index in [0.29, 0.717) is 12.4 Å². The van der Waals surface area contributed by atoms with E-state index in [1.807, 2.05) is 11.8 Å². The van der Waals surface area contributed by atoms with Gasteiger partial charge in [-0.1, -0.05) is 6.92 Å². The molecule has 0 amide bonds. The zero-order valence-electron chi connectivity index (χ0n) is 7.17. The smallest absolute Gasteiger partial charge is 0.113 e. The third-order valence-corrected chi connectivity index (χ3v) is 2.07. The molecule has 0 spiro atoms. The number of hydrazine groups is 1. The summed E-state index contributed by atoms with van der Waals surface area (Å²) < 4.78 is 0. The van der Waals surface area contributed by atoms with E-state index in [-0.39, 0.29) is 6.17 Å². The van der Waals surface area contributed by atoms with E-state index < -0.39 is 0 Å². The van der Waals surface area contributed by atoms with E-state index in [1.54, 1.807) is 5.01 Å². The summed E-state index contributed by atoms with van der Waals surface area (Å²) in [5, 5.41) is 9.27. The van der Waals surface area contributed by atoms with Crippen LogP contribution in [0.4, 0.5) is 0 Å². The summed E-state index contributed by atoms with van der Waals surface area (Å²) in [7, 11) is 0. The number of nitrogens with one attached hydrogen (secondary N) is 1. The summed E-state index contributed by atoms with van der Waals surface area (Å²) in [6.07, 6.45) is 1.27. The van der Waals surface area contributed by atoms with Gasteiger partial charge in [-0.15, -0.1) is 0 Å². The number of nitrogens with zero attached hydrogens (tertiary/aromatic N) is 2. The number of hydrogen-bond acceptors (Lipinski definition) is 3. The van der Waals surface area contributed by atoms with Crippen molar-refractivity contribution in [3.8, 4) is 0 Å². The van der Waals surface area contributed by atoms with E-state index in [9.17, 15) is 0 Å². The maximum absolute atomic E-state index is 7.57. The van der Waals surface area contributed by atoms with Gasteiger partial charge in [0.25, 0.3) is 0 Å². The first-order chi connectivity index (χ1) is 5.16. The summed E-state index contributed by atoms with van der Waals surface area (Å²) in [6, 6.07) is 0. The topological polar surface area (TPSA) is 56.4 Å². The fourth-order valence-corrected chi connectivity index (χ4v) is 1.36. The first kappa shape index (κ1) is 8.49. The Bertz CT molecular complexity index is 157. The summed E-state index contributed by atoms with van der Waals surface area (Å²) in [5.74, 6) is 6.28.